The number of benzene rings is 1. The van der Waals surface area contributed by atoms with E-state index < -0.39 is 5.97 Å². The van der Waals surface area contributed by atoms with Crippen LogP contribution in [0.1, 0.15) is 10.4 Å². The smallest absolute Gasteiger partial charge is 0.339 e. The lowest BCUT2D eigenvalue weighted by Crippen LogP contribution is -2.07. The minimum absolute atomic E-state index is 0.00757. The molecule has 0 aliphatic carbocycles. The van der Waals surface area contributed by atoms with E-state index in [4.69, 9.17) is 9.84 Å². The third-order valence-corrected chi connectivity index (χ3v) is 2.79. The zero-order valence-corrected chi connectivity index (χ0v) is 11.5. The van der Waals surface area contributed by atoms with Gasteiger partial charge in [0.25, 0.3) is 0 Å². The second-order valence-corrected chi connectivity index (χ2v) is 4.51. The Morgan fingerprint density at radius 2 is 2.16 bits per heavy atom. The summed E-state index contributed by atoms with van der Waals surface area (Å²) in [6.07, 6.45) is 0. The Kier molecular flexibility index (Phi) is 3.96. The molecule has 0 saturated carbocycles. The van der Waals surface area contributed by atoms with Gasteiger partial charge in [0.15, 0.2) is 5.82 Å². The van der Waals surface area contributed by atoms with E-state index in [2.05, 4.69) is 31.4 Å². The quantitative estimate of drug-likeness (QED) is 0.899. The molecule has 1 aromatic carbocycles. The molecule has 0 saturated heterocycles. The standard InChI is InChI=1S/C12H10BrN3O3/c1-19-10-6-9(12(17)18)11(16-15-10)14-8-4-2-3-7(13)5-8/h2-6H,1H3,(H,14,16)(H,17,18). The van der Waals surface area contributed by atoms with Crippen molar-refractivity contribution in [2.45, 2.75) is 0 Å². The number of nitrogens with zero attached hydrogens (tertiary/aromatic N) is 2. The van der Waals surface area contributed by atoms with Crippen molar-refractivity contribution in [2.24, 2.45) is 0 Å². The predicted octanol–water partition coefficient (Wildman–Crippen LogP) is 2.69. The van der Waals surface area contributed by atoms with Gasteiger partial charge < -0.3 is 15.2 Å². The molecule has 0 fully saturated rings. The number of aromatic nitrogens is 2. The molecule has 0 aliphatic heterocycles. The average Bonchev–Trinajstić information content (AvgIpc) is 2.39. The summed E-state index contributed by atoms with van der Waals surface area (Å²) in [4.78, 5) is 11.2. The van der Waals surface area contributed by atoms with Crippen molar-refractivity contribution in [3.8, 4) is 5.88 Å². The molecule has 1 aromatic heterocycles. The van der Waals surface area contributed by atoms with E-state index in [1.165, 1.54) is 13.2 Å². The van der Waals surface area contributed by atoms with Gasteiger partial charge in [-0.15, -0.1) is 10.2 Å². The zero-order chi connectivity index (χ0) is 13.8. The van der Waals surface area contributed by atoms with Crippen LogP contribution < -0.4 is 10.1 Å². The van der Waals surface area contributed by atoms with Crippen LogP contribution in [0.5, 0.6) is 5.88 Å². The average molecular weight is 324 g/mol. The maximum absolute atomic E-state index is 11.2. The molecule has 0 bridgehead atoms. The maximum Gasteiger partial charge on any atom is 0.339 e. The summed E-state index contributed by atoms with van der Waals surface area (Å²) in [7, 11) is 1.40. The fourth-order valence-corrected chi connectivity index (χ4v) is 1.83. The van der Waals surface area contributed by atoms with Crippen molar-refractivity contribution in [3.63, 3.8) is 0 Å². The minimum Gasteiger partial charge on any atom is -0.480 e. The topological polar surface area (TPSA) is 84.3 Å². The van der Waals surface area contributed by atoms with Gasteiger partial charge in [0.05, 0.1) is 7.11 Å². The van der Waals surface area contributed by atoms with Crippen LogP contribution in [0.15, 0.2) is 34.8 Å². The van der Waals surface area contributed by atoms with Gasteiger partial charge in [0.1, 0.15) is 5.56 Å². The third kappa shape index (κ3) is 3.19. The van der Waals surface area contributed by atoms with Gasteiger partial charge in [0, 0.05) is 16.2 Å². The summed E-state index contributed by atoms with van der Waals surface area (Å²) >= 11 is 3.33. The number of anilines is 2. The first-order valence-electron chi connectivity index (χ1n) is 5.28. The molecule has 0 spiro atoms. The summed E-state index contributed by atoms with van der Waals surface area (Å²) in [6, 6.07) is 8.60. The number of halogens is 1. The van der Waals surface area contributed by atoms with Crippen molar-refractivity contribution < 1.29 is 14.6 Å². The number of hydrogen-bond acceptors (Lipinski definition) is 5. The molecule has 0 radical (unpaired) electrons. The highest BCUT2D eigenvalue weighted by molar-refractivity contribution is 9.10. The number of hydrogen-bond donors (Lipinski definition) is 2. The lowest BCUT2D eigenvalue weighted by atomic mass is 10.2. The van der Waals surface area contributed by atoms with Gasteiger partial charge >= 0.3 is 5.97 Å². The minimum atomic E-state index is -1.11. The monoisotopic (exact) mass is 323 g/mol. The molecule has 2 N–H and O–H groups in total. The summed E-state index contributed by atoms with van der Waals surface area (Å²) < 4.78 is 5.73. The summed E-state index contributed by atoms with van der Waals surface area (Å²) in [5.74, 6) is -0.797. The maximum atomic E-state index is 11.2. The zero-order valence-electron chi connectivity index (χ0n) is 9.92. The fourth-order valence-electron chi connectivity index (χ4n) is 1.43. The van der Waals surface area contributed by atoms with Crippen LogP contribution in [-0.2, 0) is 0 Å². The Morgan fingerprint density at radius 3 is 2.79 bits per heavy atom. The van der Waals surface area contributed by atoms with Crippen LogP contribution in [0.4, 0.5) is 11.5 Å². The van der Waals surface area contributed by atoms with Crippen molar-refractivity contribution in [1.82, 2.24) is 10.2 Å². The number of methoxy groups -OCH3 is 1. The van der Waals surface area contributed by atoms with E-state index in [-0.39, 0.29) is 17.3 Å². The normalized spacial score (nSPS) is 10.0. The van der Waals surface area contributed by atoms with Crippen LogP contribution in [0, 0.1) is 0 Å². The second-order valence-electron chi connectivity index (χ2n) is 3.59. The number of aromatic carboxylic acids is 1. The van der Waals surface area contributed by atoms with Crippen molar-refractivity contribution >= 4 is 33.4 Å². The lowest BCUT2D eigenvalue weighted by molar-refractivity contribution is 0.0697. The van der Waals surface area contributed by atoms with Gasteiger partial charge in [-0.05, 0) is 18.2 Å². The van der Waals surface area contributed by atoms with Gasteiger partial charge in [-0.1, -0.05) is 22.0 Å². The molecule has 1 heterocycles. The fraction of sp³-hybridized carbons (Fsp3) is 0.0833. The Balaban J connectivity index is 2.36. The van der Waals surface area contributed by atoms with Crippen LogP contribution >= 0.6 is 15.9 Å². The molecule has 0 unspecified atom stereocenters. The van der Waals surface area contributed by atoms with E-state index in [9.17, 15) is 4.79 Å². The van der Waals surface area contributed by atoms with Gasteiger partial charge in [-0.25, -0.2) is 4.79 Å². The Bertz CT molecular complexity index is 619. The van der Waals surface area contributed by atoms with E-state index in [1.807, 2.05) is 12.1 Å². The van der Waals surface area contributed by atoms with Gasteiger partial charge in [-0.2, -0.15) is 0 Å². The largest absolute Gasteiger partial charge is 0.480 e. The highest BCUT2D eigenvalue weighted by atomic mass is 79.9. The molecule has 6 nitrogen and oxygen atoms in total. The van der Waals surface area contributed by atoms with Crippen LogP contribution in [0.3, 0.4) is 0 Å². The molecular formula is C12H10BrN3O3. The van der Waals surface area contributed by atoms with Gasteiger partial charge in [0.2, 0.25) is 5.88 Å². The Morgan fingerprint density at radius 1 is 1.37 bits per heavy atom. The van der Waals surface area contributed by atoms with E-state index in [0.717, 1.165) is 4.47 Å². The Labute approximate surface area is 117 Å². The molecular weight excluding hydrogens is 314 g/mol. The highest BCUT2D eigenvalue weighted by Gasteiger charge is 2.14. The van der Waals surface area contributed by atoms with E-state index >= 15 is 0 Å². The first-order chi connectivity index (χ1) is 9.10. The van der Waals surface area contributed by atoms with Crippen LogP contribution in [-0.4, -0.2) is 28.4 Å². The number of carboxylic acid groups (broad SMARTS) is 1. The molecule has 7 heteroatoms. The van der Waals surface area contributed by atoms with Crippen molar-refractivity contribution in [2.75, 3.05) is 12.4 Å². The molecule has 98 valence electrons. The molecule has 19 heavy (non-hydrogen) atoms. The Hall–Kier alpha value is -2.15. The number of nitrogens with one attached hydrogen (secondary N) is 1. The number of rotatable bonds is 4. The van der Waals surface area contributed by atoms with Crippen LogP contribution in [0.2, 0.25) is 0 Å². The third-order valence-electron chi connectivity index (χ3n) is 2.30. The number of carbonyl (C=O) groups is 1. The first-order valence-corrected chi connectivity index (χ1v) is 6.07. The lowest BCUT2D eigenvalue weighted by Gasteiger charge is -2.09. The molecule has 0 amide bonds. The predicted molar refractivity (Wildman–Crippen MR) is 73.0 cm³/mol. The molecule has 0 atom stereocenters. The summed E-state index contributed by atoms with van der Waals surface area (Å²) in [6.45, 7) is 0. The van der Waals surface area contributed by atoms with E-state index in [0.29, 0.717) is 5.69 Å². The summed E-state index contributed by atoms with van der Waals surface area (Å²) in [5.41, 5.74) is 0.697. The van der Waals surface area contributed by atoms with E-state index in [1.54, 1.807) is 12.1 Å². The number of carboxylic acids is 1. The molecule has 0 aliphatic rings. The van der Waals surface area contributed by atoms with Gasteiger partial charge in [-0.3, -0.25) is 0 Å². The molecule has 2 rings (SSSR count). The molecule has 2 aromatic rings. The van der Waals surface area contributed by atoms with Crippen molar-refractivity contribution in [3.05, 3.63) is 40.4 Å². The second kappa shape index (κ2) is 5.66. The van der Waals surface area contributed by atoms with Crippen LogP contribution in [0.25, 0.3) is 0 Å². The van der Waals surface area contributed by atoms with Crippen molar-refractivity contribution in [1.29, 1.82) is 0 Å². The SMILES string of the molecule is COc1cc(C(=O)O)c(Nc2cccc(Br)c2)nn1. The summed E-state index contributed by atoms with van der Waals surface area (Å²) in [5, 5.41) is 19.6. The first kappa shape index (κ1) is 13.3. The number of ether oxygens (including phenoxy) is 1. The highest BCUT2D eigenvalue weighted by Crippen LogP contribution is 2.23.